The summed E-state index contributed by atoms with van der Waals surface area (Å²) in [5, 5.41) is 6.98. The molecule has 0 aliphatic rings. The van der Waals surface area contributed by atoms with Gasteiger partial charge >= 0.3 is 6.18 Å². The van der Waals surface area contributed by atoms with Crippen molar-refractivity contribution in [2.24, 2.45) is 7.05 Å². The Labute approximate surface area is 194 Å². The number of carbonyl (C=O) groups is 1. The highest BCUT2D eigenvalue weighted by molar-refractivity contribution is 9.10. The molecule has 1 N–H and O–H groups in total. The van der Waals surface area contributed by atoms with Crippen molar-refractivity contribution in [1.29, 1.82) is 0 Å². The summed E-state index contributed by atoms with van der Waals surface area (Å²) in [4.78, 5) is 30.1. The first-order valence-electron chi connectivity index (χ1n) is 10.00. The quantitative estimate of drug-likeness (QED) is 0.417. The molecule has 0 atom stereocenters. The molecule has 7 nitrogen and oxygen atoms in total. The Bertz CT molecular complexity index is 1460. The van der Waals surface area contributed by atoms with Gasteiger partial charge in [-0.3, -0.25) is 19.6 Å². The predicted octanol–water partition coefficient (Wildman–Crippen LogP) is 4.83. The van der Waals surface area contributed by atoms with Gasteiger partial charge in [0.05, 0.1) is 28.5 Å². The minimum absolute atomic E-state index is 0.0602. The Kier molecular flexibility index (Phi) is 5.77. The van der Waals surface area contributed by atoms with Crippen LogP contribution in [-0.4, -0.2) is 25.2 Å². The van der Waals surface area contributed by atoms with Gasteiger partial charge in [-0.1, -0.05) is 15.9 Å². The van der Waals surface area contributed by atoms with Crippen LogP contribution in [0.25, 0.3) is 21.9 Å². The molecule has 0 bridgehead atoms. The Hall–Kier alpha value is -3.21. The minimum Gasteiger partial charge on any atom is -0.313 e. The molecule has 2 heterocycles. The first-order valence-corrected chi connectivity index (χ1v) is 10.8. The number of aryl methyl sites for hydroxylation is 1. The van der Waals surface area contributed by atoms with Crippen LogP contribution < -0.4 is 10.7 Å². The number of imidazole rings is 1. The van der Waals surface area contributed by atoms with Gasteiger partial charge < -0.3 is 4.57 Å². The van der Waals surface area contributed by atoms with Crippen LogP contribution in [0.4, 0.5) is 19.1 Å². The highest BCUT2D eigenvalue weighted by Gasteiger charge is 2.31. The predicted molar refractivity (Wildman–Crippen MR) is 122 cm³/mol. The number of rotatable bonds is 4. The lowest BCUT2D eigenvalue weighted by molar-refractivity contribution is -0.137. The second kappa shape index (κ2) is 8.29. The number of fused-ring (bicyclic) bond motifs is 2. The maximum Gasteiger partial charge on any atom is 0.416 e. The summed E-state index contributed by atoms with van der Waals surface area (Å²) in [7, 11) is 1.75. The van der Waals surface area contributed by atoms with Gasteiger partial charge in [-0.15, -0.1) is 0 Å². The van der Waals surface area contributed by atoms with Crippen LogP contribution in [0.1, 0.15) is 31.1 Å². The molecule has 0 spiro atoms. The number of amides is 1. The lowest BCUT2D eigenvalue weighted by Crippen LogP contribution is -2.26. The van der Waals surface area contributed by atoms with E-state index in [0.717, 1.165) is 28.2 Å². The summed E-state index contributed by atoms with van der Waals surface area (Å²) in [5.74, 6) is -0.216. The average Bonchev–Trinajstić information content (AvgIpc) is 3.03. The summed E-state index contributed by atoms with van der Waals surface area (Å²) in [6.07, 6.45) is -4.90. The number of carbonyl (C=O) groups excluding carboxylic acids is 1. The van der Waals surface area contributed by atoms with Gasteiger partial charge in [-0.2, -0.15) is 18.3 Å². The molecule has 4 aromatic rings. The van der Waals surface area contributed by atoms with Crippen molar-refractivity contribution in [1.82, 2.24) is 19.3 Å². The molecule has 33 heavy (non-hydrogen) atoms. The number of hydrogen-bond acceptors (Lipinski definition) is 4. The van der Waals surface area contributed by atoms with Crippen molar-refractivity contribution in [2.75, 3.05) is 5.32 Å². The second-order valence-electron chi connectivity index (χ2n) is 7.90. The third-order valence-electron chi connectivity index (χ3n) is 5.22. The maximum atomic E-state index is 13.2. The lowest BCUT2D eigenvalue weighted by atomic mass is 10.1. The average molecular weight is 522 g/mol. The standard InChI is InChI=1S/C22H19BrF3N5O2/c1-11(2)31-18-8-12(22(24,25)26)4-6-14(18)20(33)16(29-31)10-19(32)28-21-27-15-9-13(23)5-7-17(15)30(21)3/h4-9,11H,10H2,1-3H3,(H,27,28,32). The Morgan fingerprint density at radius 1 is 1.15 bits per heavy atom. The van der Waals surface area contributed by atoms with Crippen molar-refractivity contribution in [3.05, 3.63) is 62.4 Å². The minimum atomic E-state index is -4.55. The third kappa shape index (κ3) is 4.37. The molecule has 0 aliphatic heterocycles. The van der Waals surface area contributed by atoms with Crippen LogP contribution in [0, 0.1) is 0 Å². The van der Waals surface area contributed by atoms with E-state index in [1.165, 1.54) is 4.68 Å². The summed E-state index contributed by atoms with van der Waals surface area (Å²) in [5.41, 5.74) is 0.0303. The van der Waals surface area contributed by atoms with Crippen molar-refractivity contribution in [2.45, 2.75) is 32.5 Å². The van der Waals surface area contributed by atoms with Gasteiger partial charge in [-0.25, -0.2) is 4.98 Å². The highest BCUT2D eigenvalue weighted by Crippen LogP contribution is 2.31. The van der Waals surface area contributed by atoms with Crippen LogP contribution in [0.15, 0.2) is 45.7 Å². The number of nitrogens with one attached hydrogen (secondary N) is 1. The van der Waals surface area contributed by atoms with E-state index in [-0.39, 0.29) is 29.1 Å². The number of nitrogens with zero attached hydrogens (tertiary/aromatic N) is 4. The molecule has 2 aromatic carbocycles. The van der Waals surface area contributed by atoms with Crippen molar-refractivity contribution < 1.29 is 18.0 Å². The van der Waals surface area contributed by atoms with E-state index in [2.05, 4.69) is 31.3 Å². The molecule has 0 saturated carbocycles. The molecule has 172 valence electrons. The largest absolute Gasteiger partial charge is 0.416 e. The zero-order chi connectivity index (χ0) is 24.1. The zero-order valence-corrected chi connectivity index (χ0v) is 19.5. The number of hydrogen-bond donors (Lipinski definition) is 1. The molecule has 11 heteroatoms. The van der Waals surface area contributed by atoms with Crippen LogP contribution in [0.5, 0.6) is 0 Å². The monoisotopic (exact) mass is 521 g/mol. The summed E-state index contributed by atoms with van der Waals surface area (Å²) in [6, 6.07) is 8.08. The number of benzene rings is 2. The number of alkyl halides is 3. The van der Waals surface area contributed by atoms with Gasteiger partial charge in [0.2, 0.25) is 17.3 Å². The SMILES string of the molecule is CC(C)n1nc(CC(=O)Nc2nc3cc(Br)ccc3n2C)c(=O)c2ccc(C(F)(F)F)cc21. The van der Waals surface area contributed by atoms with E-state index in [1.54, 1.807) is 25.5 Å². The Morgan fingerprint density at radius 2 is 1.88 bits per heavy atom. The molecule has 0 aliphatic carbocycles. The van der Waals surface area contributed by atoms with Crippen molar-refractivity contribution in [3.8, 4) is 0 Å². The topological polar surface area (TPSA) is 81.8 Å². The molecule has 1 amide bonds. The van der Waals surface area contributed by atoms with E-state index >= 15 is 0 Å². The molecule has 0 fully saturated rings. The summed E-state index contributed by atoms with van der Waals surface area (Å²) in [6.45, 7) is 3.47. The summed E-state index contributed by atoms with van der Waals surface area (Å²) < 4.78 is 43.4. The van der Waals surface area contributed by atoms with Gasteiger partial charge in [0.25, 0.3) is 0 Å². The molecular weight excluding hydrogens is 503 g/mol. The number of aromatic nitrogens is 4. The Balaban J connectivity index is 1.70. The van der Waals surface area contributed by atoms with Crippen LogP contribution in [-0.2, 0) is 24.4 Å². The first-order chi connectivity index (χ1) is 15.5. The molecule has 0 unspecified atom stereocenters. The molecule has 0 radical (unpaired) electrons. The fourth-order valence-electron chi connectivity index (χ4n) is 3.59. The normalized spacial score (nSPS) is 12.1. The number of anilines is 1. The van der Waals surface area contributed by atoms with Crippen LogP contribution in [0.2, 0.25) is 0 Å². The number of halogens is 4. The van der Waals surface area contributed by atoms with E-state index in [9.17, 15) is 22.8 Å². The Morgan fingerprint density at radius 3 is 2.55 bits per heavy atom. The maximum absolute atomic E-state index is 13.2. The summed E-state index contributed by atoms with van der Waals surface area (Å²) >= 11 is 3.38. The highest BCUT2D eigenvalue weighted by atomic mass is 79.9. The third-order valence-corrected chi connectivity index (χ3v) is 5.71. The van der Waals surface area contributed by atoms with Crippen molar-refractivity contribution in [3.63, 3.8) is 0 Å². The van der Waals surface area contributed by atoms with E-state index < -0.39 is 23.1 Å². The molecule has 2 aromatic heterocycles. The first kappa shape index (κ1) is 23.0. The van der Waals surface area contributed by atoms with E-state index in [0.29, 0.717) is 11.5 Å². The van der Waals surface area contributed by atoms with Gasteiger partial charge in [0.1, 0.15) is 5.69 Å². The zero-order valence-electron chi connectivity index (χ0n) is 17.9. The molecule has 0 saturated heterocycles. The van der Waals surface area contributed by atoms with Gasteiger partial charge in [-0.05, 0) is 50.2 Å². The van der Waals surface area contributed by atoms with Crippen molar-refractivity contribution >= 4 is 49.7 Å². The van der Waals surface area contributed by atoms with Crippen LogP contribution >= 0.6 is 15.9 Å². The van der Waals surface area contributed by atoms with Gasteiger partial charge in [0.15, 0.2) is 0 Å². The van der Waals surface area contributed by atoms with E-state index in [1.807, 2.05) is 18.2 Å². The van der Waals surface area contributed by atoms with Gasteiger partial charge in [0, 0.05) is 22.9 Å². The molecular formula is C22H19BrF3N5O2. The lowest BCUT2D eigenvalue weighted by Gasteiger charge is -2.16. The second-order valence-corrected chi connectivity index (χ2v) is 8.81. The van der Waals surface area contributed by atoms with E-state index in [4.69, 9.17) is 0 Å². The molecule has 4 rings (SSSR count). The van der Waals surface area contributed by atoms with Crippen LogP contribution in [0.3, 0.4) is 0 Å². The smallest absolute Gasteiger partial charge is 0.313 e. The fourth-order valence-corrected chi connectivity index (χ4v) is 3.94. The fraction of sp³-hybridized carbons (Fsp3) is 0.273.